The molecule has 0 fully saturated rings. The van der Waals surface area contributed by atoms with Gasteiger partial charge in [-0.05, 0) is 64.4 Å². The highest BCUT2D eigenvalue weighted by Gasteiger charge is 2.00. The first-order valence-corrected chi connectivity index (χ1v) is 6.12. The summed E-state index contributed by atoms with van der Waals surface area (Å²) in [5.74, 6) is 0.730. The highest BCUT2D eigenvalue weighted by Crippen LogP contribution is 1.97. The minimum Gasteiger partial charge on any atom is -0.330 e. The third-order valence-corrected chi connectivity index (χ3v) is 2.42. The Labute approximate surface area is 94.2 Å². The molecule has 0 aromatic rings. The molecular formula is C11H28N4. The molecule has 0 aromatic carbocycles. The van der Waals surface area contributed by atoms with Gasteiger partial charge in [-0.1, -0.05) is 6.92 Å². The highest BCUT2D eigenvalue weighted by molar-refractivity contribution is 4.59. The summed E-state index contributed by atoms with van der Waals surface area (Å²) in [6, 6.07) is 0. The van der Waals surface area contributed by atoms with Crippen molar-refractivity contribution in [2.24, 2.45) is 17.4 Å². The summed E-state index contributed by atoms with van der Waals surface area (Å²) in [7, 11) is 0. The van der Waals surface area contributed by atoms with E-state index in [1.807, 2.05) is 0 Å². The molecule has 0 saturated heterocycles. The van der Waals surface area contributed by atoms with Gasteiger partial charge in [0.05, 0.1) is 0 Å². The van der Waals surface area contributed by atoms with Crippen molar-refractivity contribution in [1.29, 1.82) is 0 Å². The van der Waals surface area contributed by atoms with Gasteiger partial charge in [0.2, 0.25) is 0 Å². The van der Waals surface area contributed by atoms with Gasteiger partial charge in [-0.2, -0.15) is 0 Å². The monoisotopic (exact) mass is 216 g/mol. The molecule has 0 spiro atoms. The van der Waals surface area contributed by atoms with Crippen LogP contribution < -0.4 is 22.1 Å². The Kier molecular flexibility index (Phi) is 11.8. The van der Waals surface area contributed by atoms with Crippen molar-refractivity contribution in [2.45, 2.75) is 26.2 Å². The van der Waals surface area contributed by atoms with Gasteiger partial charge in [-0.3, -0.25) is 0 Å². The lowest BCUT2D eigenvalue weighted by Crippen LogP contribution is -2.27. The second-order valence-corrected chi connectivity index (χ2v) is 4.13. The molecule has 0 aliphatic heterocycles. The fraction of sp³-hybridized carbons (Fsp3) is 1.00. The zero-order valence-corrected chi connectivity index (χ0v) is 10.1. The average Bonchev–Trinajstić information content (AvgIpc) is 2.24. The number of hydrogen-bond acceptors (Lipinski definition) is 4. The van der Waals surface area contributed by atoms with E-state index in [1.165, 1.54) is 6.42 Å². The summed E-state index contributed by atoms with van der Waals surface area (Å²) < 4.78 is 0. The summed E-state index contributed by atoms with van der Waals surface area (Å²) in [6.07, 6.45) is 3.37. The second kappa shape index (κ2) is 11.9. The fourth-order valence-electron chi connectivity index (χ4n) is 1.38. The maximum Gasteiger partial charge on any atom is -0.00227 e. The van der Waals surface area contributed by atoms with Gasteiger partial charge < -0.3 is 22.1 Å². The number of hydrogen-bond donors (Lipinski definition) is 4. The predicted octanol–water partition coefficient (Wildman–Crippen LogP) is -0.111. The minimum atomic E-state index is 0.730. The Morgan fingerprint density at radius 1 is 0.933 bits per heavy atom. The second-order valence-electron chi connectivity index (χ2n) is 4.13. The van der Waals surface area contributed by atoms with Crippen LogP contribution >= 0.6 is 0 Å². The molecule has 6 N–H and O–H groups in total. The molecule has 0 bridgehead atoms. The summed E-state index contributed by atoms with van der Waals surface area (Å²) in [6.45, 7) is 8.12. The SMILES string of the molecule is CC(CCNCCCN)CNCCCN. The number of nitrogens with two attached hydrogens (primary N) is 2. The van der Waals surface area contributed by atoms with Crippen LogP contribution in [0.4, 0.5) is 0 Å². The first kappa shape index (κ1) is 14.8. The Morgan fingerprint density at radius 3 is 2.13 bits per heavy atom. The molecule has 0 heterocycles. The van der Waals surface area contributed by atoms with Gasteiger partial charge in [0.1, 0.15) is 0 Å². The van der Waals surface area contributed by atoms with Gasteiger partial charge in [0.15, 0.2) is 0 Å². The average molecular weight is 216 g/mol. The summed E-state index contributed by atoms with van der Waals surface area (Å²) in [5, 5.41) is 6.80. The molecule has 15 heavy (non-hydrogen) atoms. The predicted molar refractivity (Wildman–Crippen MR) is 66.9 cm³/mol. The molecule has 0 saturated carbocycles. The van der Waals surface area contributed by atoms with Crippen LogP contribution in [0.25, 0.3) is 0 Å². The lowest BCUT2D eigenvalue weighted by atomic mass is 10.1. The van der Waals surface area contributed by atoms with E-state index >= 15 is 0 Å². The minimum absolute atomic E-state index is 0.730. The van der Waals surface area contributed by atoms with Crippen LogP contribution in [0.1, 0.15) is 26.2 Å². The maximum atomic E-state index is 5.41. The molecule has 0 rings (SSSR count). The van der Waals surface area contributed by atoms with Crippen molar-refractivity contribution in [3.05, 3.63) is 0 Å². The van der Waals surface area contributed by atoms with Crippen molar-refractivity contribution in [2.75, 3.05) is 39.3 Å². The maximum absolute atomic E-state index is 5.41. The lowest BCUT2D eigenvalue weighted by Gasteiger charge is -2.12. The molecular weight excluding hydrogens is 188 g/mol. The van der Waals surface area contributed by atoms with Gasteiger partial charge in [-0.15, -0.1) is 0 Å². The van der Waals surface area contributed by atoms with Crippen LogP contribution in [0.3, 0.4) is 0 Å². The van der Waals surface area contributed by atoms with E-state index in [-0.39, 0.29) is 0 Å². The van der Waals surface area contributed by atoms with E-state index in [4.69, 9.17) is 11.5 Å². The van der Waals surface area contributed by atoms with E-state index < -0.39 is 0 Å². The van der Waals surface area contributed by atoms with Crippen LogP contribution in [-0.2, 0) is 0 Å². The van der Waals surface area contributed by atoms with Gasteiger partial charge in [0.25, 0.3) is 0 Å². The van der Waals surface area contributed by atoms with Crippen molar-refractivity contribution >= 4 is 0 Å². The lowest BCUT2D eigenvalue weighted by molar-refractivity contribution is 0.461. The van der Waals surface area contributed by atoms with Gasteiger partial charge >= 0.3 is 0 Å². The molecule has 0 radical (unpaired) electrons. The van der Waals surface area contributed by atoms with Crippen molar-refractivity contribution in [1.82, 2.24) is 10.6 Å². The van der Waals surface area contributed by atoms with Crippen LogP contribution in [0.5, 0.6) is 0 Å². The molecule has 0 aliphatic carbocycles. The fourth-order valence-corrected chi connectivity index (χ4v) is 1.38. The third kappa shape index (κ3) is 11.8. The highest BCUT2D eigenvalue weighted by atomic mass is 14.9. The molecule has 4 nitrogen and oxygen atoms in total. The first-order chi connectivity index (χ1) is 7.31. The van der Waals surface area contributed by atoms with Gasteiger partial charge in [-0.25, -0.2) is 0 Å². The zero-order chi connectivity index (χ0) is 11.4. The van der Waals surface area contributed by atoms with E-state index in [2.05, 4.69) is 17.6 Å². The topological polar surface area (TPSA) is 76.1 Å². The Bertz CT molecular complexity index is 119. The zero-order valence-electron chi connectivity index (χ0n) is 10.1. The third-order valence-electron chi connectivity index (χ3n) is 2.42. The van der Waals surface area contributed by atoms with Crippen LogP contribution in [0.15, 0.2) is 0 Å². The van der Waals surface area contributed by atoms with Crippen LogP contribution in [-0.4, -0.2) is 39.3 Å². The molecule has 0 amide bonds. The summed E-state index contributed by atoms with van der Waals surface area (Å²) in [5.41, 5.74) is 10.8. The normalized spacial score (nSPS) is 13.0. The number of rotatable bonds is 11. The largest absolute Gasteiger partial charge is 0.330 e. The molecule has 1 atom stereocenters. The van der Waals surface area contributed by atoms with E-state index in [1.54, 1.807) is 0 Å². The van der Waals surface area contributed by atoms with Crippen molar-refractivity contribution < 1.29 is 0 Å². The molecule has 0 aromatic heterocycles. The summed E-state index contributed by atoms with van der Waals surface area (Å²) in [4.78, 5) is 0. The molecule has 4 heteroatoms. The van der Waals surface area contributed by atoms with Gasteiger partial charge in [0, 0.05) is 0 Å². The Balaban J connectivity index is 3.08. The summed E-state index contributed by atoms with van der Waals surface area (Å²) >= 11 is 0. The molecule has 92 valence electrons. The van der Waals surface area contributed by atoms with E-state index in [0.29, 0.717) is 0 Å². The van der Waals surface area contributed by atoms with E-state index in [0.717, 1.165) is 58.0 Å². The molecule has 1 unspecified atom stereocenters. The first-order valence-electron chi connectivity index (χ1n) is 6.12. The Hall–Kier alpha value is -0.160. The van der Waals surface area contributed by atoms with Crippen LogP contribution in [0.2, 0.25) is 0 Å². The number of nitrogens with one attached hydrogen (secondary N) is 2. The smallest absolute Gasteiger partial charge is 0.00227 e. The van der Waals surface area contributed by atoms with Crippen molar-refractivity contribution in [3.63, 3.8) is 0 Å². The Morgan fingerprint density at radius 2 is 1.53 bits per heavy atom. The standard InChI is InChI=1S/C11H28N4/c1-11(10-15-8-3-6-13)4-9-14-7-2-5-12/h11,14-15H,2-10,12-13H2,1H3. The van der Waals surface area contributed by atoms with Crippen LogP contribution in [0, 0.1) is 5.92 Å². The van der Waals surface area contributed by atoms with E-state index in [9.17, 15) is 0 Å². The van der Waals surface area contributed by atoms with Crippen molar-refractivity contribution in [3.8, 4) is 0 Å². The molecule has 0 aliphatic rings. The quantitative estimate of drug-likeness (QED) is 0.364.